The van der Waals surface area contributed by atoms with Gasteiger partial charge in [0.1, 0.15) is 17.4 Å². The van der Waals surface area contributed by atoms with Gasteiger partial charge in [-0.1, -0.05) is 59.6 Å². The first-order chi connectivity index (χ1) is 16.4. The van der Waals surface area contributed by atoms with Gasteiger partial charge in [0, 0.05) is 24.7 Å². The molecule has 0 atom stereocenters. The molecule has 4 aromatic rings. The molecule has 0 amide bonds. The molecule has 1 saturated heterocycles. The fourth-order valence-corrected chi connectivity index (χ4v) is 5.95. The van der Waals surface area contributed by atoms with Crippen LogP contribution in [0.3, 0.4) is 0 Å². The van der Waals surface area contributed by atoms with Gasteiger partial charge in [0.25, 0.3) is 0 Å². The highest BCUT2D eigenvalue weighted by Crippen LogP contribution is 2.31. The highest BCUT2D eigenvalue weighted by atomic mass is 35.5. The third-order valence-electron chi connectivity index (χ3n) is 6.04. The van der Waals surface area contributed by atoms with Crippen molar-refractivity contribution >= 4 is 44.1 Å². The summed E-state index contributed by atoms with van der Waals surface area (Å²) in [4.78, 5) is 4.71. The van der Waals surface area contributed by atoms with E-state index in [9.17, 15) is 8.42 Å². The first-order valence-electron chi connectivity index (χ1n) is 11.0. The number of halogens is 2. The fourth-order valence-electron chi connectivity index (χ4n) is 4.19. The first kappa shape index (κ1) is 23.1. The van der Waals surface area contributed by atoms with Crippen molar-refractivity contribution < 1.29 is 13.2 Å². The summed E-state index contributed by atoms with van der Waals surface area (Å²) in [5, 5.41) is 1.96. The molecule has 174 valence electrons. The van der Waals surface area contributed by atoms with Crippen molar-refractivity contribution in [3.05, 3.63) is 89.0 Å². The first-order valence-corrected chi connectivity index (χ1v) is 13.2. The Hall–Kier alpha value is -2.64. The fraction of sp³-hybridized carbons (Fsp3) is 0.192. The molecule has 0 aliphatic carbocycles. The number of benzene rings is 3. The summed E-state index contributed by atoms with van der Waals surface area (Å²) in [5.74, 6) is 0.734. The molecule has 1 fully saturated rings. The number of pyridine rings is 1. The summed E-state index contributed by atoms with van der Waals surface area (Å²) in [7, 11) is -3.59. The van der Waals surface area contributed by atoms with E-state index in [1.54, 1.807) is 42.6 Å². The predicted molar refractivity (Wildman–Crippen MR) is 136 cm³/mol. The molecule has 1 aliphatic heterocycles. The van der Waals surface area contributed by atoms with Crippen LogP contribution in [0, 0.1) is 0 Å². The molecule has 34 heavy (non-hydrogen) atoms. The van der Waals surface area contributed by atoms with Crippen LogP contribution in [0.25, 0.3) is 22.0 Å². The maximum Gasteiger partial charge on any atom is 0.243 e. The summed E-state index contributed by atoms with van der Waals surface area (Å²) in [6.45, 7) is 0.805. The second-order valence-corrected chi connectivity index (χ2v) is 11.0. The molecule has 2 heterocycles. The second kappa shape index (κ2) is 9.55. The third-order valence-corrected chi connectivity index (χ3v) is 8.69. The Balaban J connectivity index is 1.26. The van der Waals surface area contributed by atoms with Gasteiger partial charge in [-0.05, 0) is 60.4 Å². The van der Waals surface area contributed by atoms with E-state index in [4.69, 9.17) is 27.9 Å². The molecule has 0 unspecified atom stereocenters. The topological polar surface area (TPSA) is 59.5 Å². The monoisotopic (exact) mass is 512 g/mol. The van der Waals surface area contributed by atoms with E-state index < -0.39 is 10.0 Å². The van der Waals surface area contributed by atoms with E-state index in [-0.39, 0.29) is 11.0 Å². The molecule has 0 radical (unpaired) electrons. The molecule has 5 nitrogen and oxygen atoms in total. The van der Waals surface area contributed by atoms with Crippen LogP contribution in [-0.2, 0) is 10.0 Å². The van der Waals surface area contributed by atoms with Crippen molar-refractivity contribution in [1.82, 2.24) is 9.29 Å². The van der Waals surface area contributed by atoms with Gasteiger partial charge < -0.3 is 4.74 Å². The van der Waals surface area contributed by atoms with Gasteiger partial charge in [-0.2, -0.15) is 4.31 Å². The van der Waals surface area contributed by atoms with Crippen LogP contribution in [0.2, 0.25) is 10.0 Å². The Kier molecular flexibility index (Phi) is 6.49. The van der Waals surface area contributed by atoms with E-state index in [2.05, 4.69) is 4.98 Å². The van der Waals surface area contributed by atoms with E-state index in [0.717, 1.165) is 27.8 Å². The molecule has 8 heteroatoms. The molecule has 3 aromatic carbocycles. The van der Waals surface area contributed by atoms with Crippen LogP contribution in [0.1, 0.15) is 12.8 Å². The molecule has 1 aliphatic rings. The molecule has 5 rings (SSSR count). The number of ether oxygens (including phenoxy) is 1. The highest BCUT2D eigenvalue weighted by molar-refractivity contribution is 7.89. The number of nitrogens with zero attached hydrogens (tertiary/aromatic N) is 2. The standard InChI is InChI=1S/C26H22Cl2N2O3S/c27-23-11-8-20(17-24(23)28)18-6-9-22(10-7-18)34(31,32)30-15-12-21(13-16-30)33-25-5-1-3-19-4-2-14-29-26(19)25/h1-11,14,17,21H,12-13,15-16H2. The van der Waals surface area contributed by atoms with Gasteiger partial charge >= 0.3 is 0 Å². The maximum atomic E-state index is 13.2. The predicted octanol–water partition coefficient (Wildman–Crippen LogP) is 6.44. The van der Waals surface area contributed by atoms with Crippen molar-refractivity contribution in [2.45, 2.75) is 23.8 Å². The van der Waals surface area contributed by atoms with Gasteiger partial charge in [-0.3, -0.25) is 4.98 Å². The number of hydrogen-bond acceptors (Lipinski definition) is 4. The average Bonchev–Trinajstić information content (AvgIpc) is 2.86. The number of aromatic nitrogens is 1. The lowest BCUT2D eigenvalue weighted by Gasteiger charge is -2.31. The minimum atomic E-state index is -3.59. The van der Waals surface area contributed by atoms with E-state index in [1.165, 1.54) is 4.31 Å². The number of para-hydroxylation sites is 1. The number of rotatable bonds is 5. The van der Waals surface area contributed by atoms with Crippen molar-refractivity contribution in [2.75, 3.05) is 13.1 Å². The minimum Gasteiger partial charge on any atom is -0.488 e. The molecule has 0 bridgehead atoms. The number of sulfonamides is 1. The summed E-state index contributed by atoms with van der Waals surface area (Å²) in [6, 6.07) is 21.9. The van der Waals surface area contributed by atoms with E-state index in [1.807, 2.05) is 36.4 Å². The van der Waals surface area contributed by atoms with Gasteiger partial charge in [-0.25, -0.2) is 8.42 Å². The molecular weight excluding hydrogens is 491 g/mol. The minimum absolute atomic E-state index is 0.0592. The SMILES string of the molecule is O=S(=O)(c1ccc(-c2ccc(Cl)c(Cl)c2)cc1)N1CCC(Oc2cccc3cccnc23)CC1. The Morgan fingerprint density at radius 3 is 2.29 bits per heavy atom. The molecular formula is C26H22Cl2N2O3S. The van der Waals surface area contributed by atoms with Crippen molar-refractivity contribution in [1.29, 1.82) is 0 Å². The Bertz CT molecular complexity index is 1430. The smallest absolute Gasteiger partial charge is 0.243 e. The lowest BCUT2D eigenvalue weighted by molar-refractivity contribution is 0.136. The zero-order valence-corrected chi connectivity index (χ0v) is 20.5. The van der Waals surface area contributed by atoms with Crippen LogP contribution < -0.4 is 4.74 Å². The van der Waals surface area contributed by atoms with Crippen LogP contribution in [0.5, 0.6) is 5.75 Å². The normalized spacial score (nSPS) is 15.5. The summed E-state index contributed by atoms with van der Waals surface area (Å²) in [6.07, 6.45) is 2.92. The Morgan fingerprint density at radius 2 is 1.56 bits per heavy atom. The molecule has 1 aromatic heterocycles. The van der Waals surface area contributed by atoms with Crippen LogP contribution in [0.15, 0.2) is 83.9 Å². The van der Waals surface area contributed by atoms with Crippen LogP contribution in [-0.4, -0.2) is 36.9 Å². The Labute approximate surface area is 209 Å². The van der Waals surface area contributed by atoms with Gasteiger partial charge in [0.15, 0.2) is 0 Å². The van der Waals surface area contributed by atoms with Crippen molar-refractivity contribution in [3.63, 3.8) is 0 Å². The zero-order chi connectivity index (χ0) is 23.7. The van der Waals surface area contributed by atoms with Gasteiger partial charge in [0.2, 0.25) is 10.0 Å². The van der Waals surface area contributed by atoms with E-state index in [0.29, 0.717) is 36.0 Å². The lowest BCUT2D eigenvalue weighted by atomic mass is 10.1. The lowest BCUT2D eigenvalue weighted by Crippen LogP contribution is -2.41. The molecule has 0 N–H and O–H groups in total. The molecule has 0 saturated carbocycles. The summed E-state index contributed by atoms with van der Waals surface area (Å²) in [5.41, 5.74) is 2.56. The number of piperidine rings is 1. The molecule has 0 spiro atoms. The van der Waals surface area contributed by atoms with Gasteiger partial charge in [-0.15, -0.1) is 0 Å². The van der Waals surface area contributed by atoms with Crippen LogP contribution >= 0.6 is 23.2 Å². The summed E-state index contributed by atoms with van der Waals surface area (Å²) >= 11 is 12.1. The second-order valence-electron chi connectivity index (χ2n) is 8.21. The number of hydrogen-bond donors (Lipinski definition) is 0. The van der Waals surface area contributed by atoms with Gasteiger partial charge in [0.05, 0.1) is 14.9 Å². The number of fused-ring (bicyclic) bond motifs is 1. The van der Waals surface area contributed by atoms with Crippen molar-refractivity contribution in [3.8, 4) is 16.9 Å². The van der Waals surface area contributed by atoms with Crippen molar-refractivity contribution in [2.24, 2.45) is 0 Å². The largest absolute Gasteiger partial charge is 0.488 e. The van der Waals surface area contributed by atoms with Crippen LogP contribution in [0.4, 0.5) is 0 Å². The van der Waals surface area contributed by atoms with E-state index >= 15 is 0 Å². The summed E-state index contributed by atoms with van der Waals surface area (Å²) < 4.78 is 34.2. The quantitative estimate of drug-likeness (QED) is 0.308. The maximum absolute atomic E-state index is 13.2. The third kappa shape index (κ3) is 4.64. The average molecular weight is 513 g/mol. The Morgan fingerprint density at radius 1 is 0.853 bits per heavy atom. The zero-order valence-electron chi connectivity index (χ0n) is 18.2. The highest BCUT2D eigenvalue weighted by Gasteiger charge is 2.30.